The molecule has 3 aromatic rings. The average molecular weight is 383 g/mol. The fourth-order valence-corrected chi connectivity index (χ4v) is 3.77. The van der Waals surface area contributed by atoms with Crippen LogP contribution in [0.5, 0.6) is 5.75 Å². The third-order valence-electron chi connectivity index (χ3n) is 4.19. The number of aromatic amines is 1. The molecule has 0 atom stereocenters. The number of anilines is 2. The second-order valence-corrected chi connectivity index (χ2v) is 7.99. The highest BCUT2D eigenvalue weighted by Crippen LogP contribution is 2.34. The summed E-state index contributed by atoms with van der Waals surface area (Å²) in [6, 6.07) is 9.72. The van der Waals surface area contributed by atoms with Gasteiger partial charge in [-0.25, -0.2) is 4.79 Å². The number of fused-ring (bicyclic) bond motifs is 2. The van der Waals surface area contributed by atoms with Crippen molar-refractivity contribution in [3.8, 4) is 5.75 Å². The zero-order valence-electron chi connectivity index (χ0n) is 14.7. The van der Waals surface area contributed by atoms with Crippen molar-refractivity contribution >= 4 is 44.7 Å². The van der Waals surface area contributed by atoms with Gasteiger partial charge in [0.05, 0.1) is 22.2 Å². The van der Waals surface area contributed by atoms with Crippen LogP contribution >= 0.6 is 11.3 Å². The minimum absolute atomic E-state index is 0.0165. The number of urea groups is 1. The second kappa shape index (κ2) is 6.24. The summed E-state index contributed by atoms with van der Waals surface area (Å²) in [5, 5.41) is 5.42. The van der Waals surface area contributed by atoms with Gasteiger partial charge in [0, 0.05) is 11.4 Å². The number of ether oxygens (including phenoxy) is 1. The number of aromatic nitrogens is 1. The van der Waals surface area contributed by atoms with Crippen molar-refractivity contribution in [1.29, 1.82) is 0 Å². The van der Waals surface area contributed by atoms with Gasteiger partial charge >= 0.3 is 10.9 Å². The third kappa shape index (κ3) is 3.56. The molecule has 2 heterocycles. The molecule has 0 fully saturated rings. The van der Waals surface area contributed by atoms with E-state index in [2.05, 4.69) is 15.6 Å². The Hall–Kier alpha value is -3.13. The number of carbonyl (C=O) groups is 2. The standard InChI is InChI=1S/C19H17N3O4S/c1-19(2)9-14(23)12-7-10(3-5-15(12)26-19)20-17(24)21-11-4-6-16-13(8-11)22-18(25)27-16/h3-8H,9H2,1-2H3,(H,22,25)(H2,20,21,24). The fraction of sp³-hybridized carbons (Fsp3) is 0.211. The number of hydrogen-bond acceptors (Lipinski definition) is 5. The maximum atomic E-state index is 12.3. The summed E-state index contributed by atoms with van der Waals surface area (Å²) >= 11 is 1.11. The second-order valence-electron chi connectivity index (χ2n) is 6.98. The monoisotopic (exact) mass is 383 g/mol. The van der Waals surface area contributed by atoms with Gasteiger partial charge in [0.1, 0.15) is 11.4 Å². The van der Waals surface area contributed by atoms with Crippen LogP contribution in [0.1, 0.15) is 30.6 Å². The van der Waals surface area contributed by atoms with Gasteiger partial charge in [-0.3, -0.25) is 9.59 Å². The first-order chi connectivity index (χ1) is 12.8. The molecular weight excluding hydrogens is 366 g/mol. The molecule has 0 saturated heterocycles. The Labute approximate surface area is 158 Å². The number of thiazole rings is 1. The molecule has 27 heavy (non-hydrogen) atoms. The van der Waals surface area contributed by atoms with Crippen LogP contribution in [0.3, 0.4) is 0 Å². The normalized spacial score (nSPS) is 15.1. The summed E-state index contributed by atoms with van der Waals surface area (Å²) in [7, 11) is 0. The number of amides is 2. The van der Waals surface area contributed by atoms with Gasteiger partial charge in [-0.2, -0.15) is 0 Å². The van der Waals surface area contributed by atoms with Gasteiger partial charge in [-0.1, -0.05) is 11.3 Å². The van der Waals surface area contributed by atoms with E-state index in [1.165, 1.54) is 0 Å². The molecule has 1 aliphatic rings. The largest absolute Gasteiger partial charge is 0.487 e. The van der Waals surface area contributed by atoms with E-state index in [1.807, 2.05) is 13.8 Å². The van der Waals surface area contributed by atoms with Crippen LogP contribution in [-0.2, 0) is 0 Å². The zero-order valence-corrected chi connectivity index (χ0v) is 15.5. The minimum atomic E-state index is -0.530. The summed E-state index contributed by atoms with van der Waals surface area (Å²) in [5.74, 6) is 0.506. The van der Waals surface area contributed by atoms with E-state index in [4.69, 9.17) is 4.74 Å². The van der Waals surface area contributed by atoms with Gasteiger partial charge in [0.25, 0.3) is 0 Å². The number of rotatable bonds is 2. The third-order valence-corrected chi connectivity index (χ3v) is 5.05. The first kappa shape index (κ1) is 17.3. The number of H-pyrrole nitrogens is 1. The van der Waals surface area contributed by atoms with Crippen LogP contribution in [0, 0.1) is 0 Å². The number of benzene rings is 2. The van der Waals surface area contributed by atoms with Crippen molar-refractivity contribution in [2.45, 2.75) is 25.9 Å². The number of ketones is 1. The molecular formula is C19H17N3O4S. The predicted octanol–water partition coefficient (Wildman–Crippen LogP) is 3.98. The first-order valence-corrected chi connectivity index (χ1v) is 9.18. The molecule has 0 spiro atoms. The summed E-state index contributed by atoms with van der Waals surface area (Å²) in [4.78, 5) is 38.5. The molecule has 3 N–H and O–H groups in total. The smallest absolute Gasteiger partial charge is 0.323 e. The maximum absolute atomic E-state index is 12.3. The van der Waals surface area contributed by atoms with Crippen molar-refractivity contribution in [1.82, 2.24) is 4.98 Å². The molecule has 2 amide bonds. The highest BCUT2D eigenvalue weighted by molar-refractivity contribution is 7.16. The Morgan fingerprint density at radius 1 is 1.11 bits per heavy atom. The maximum Gasteiger partial charge on any atom is 0.323 e. The first-order valence-electron chi connectivity index (χ1n) is 8.36. The van der Waals surface area contributed by atoms with E-state index < -0.39 is 11.6 Å². The number of Topliss-reactive ketones (excluding diaryl/α,β-unsaturated/α-hetero) is 1. The molecule has 0 bridgehead atoms. The lowest BCUT2D eigenvalue weighted by Gasteiger charge is -2.31. The Morgan fingerprint density at radius 2 is 1.81 bits per heavy atom. The fourth-order valence-electron chi connectivity index (χ4n) is 3.05. The topological polar surface area (TPSA) is 100 Å². The molecule has 0 unspecified atom stereocenters. The molecule has 8 heteroatoms. The van der Waals surface area contributed by atoms with Crippen LogP contribution in [0.15, 0.2) is 41.2 Å². The lowest BCUT2D eigenvalue weighted by Crippen LogP contribution is -2.35. The van der Waals surface area contributed by atoms with Crippen LogP contribution in [0.2, 0.25) is 0 Å². The zero-order chi connectivity index (χ0) is 19.2. The molecule has 0 aliphatic carbocycles. The number of carbonyl (C=O) groups excluding carboxylic acids is 2. The number of hydrogen-bond donors (Lipinski definition) is 3. The lowest BCUT2D eigenvalue weighted by atomic mass is 9.93. The van der Waals surface area contributed by atoms with E-state index in [0.717, 1.165) is 16.0 Å². The van der Waals surface area contributed by atoms with Gasteiger partial charge in [-0.15, -0.1) is 0 Å². The minimum Gasteiger partial charge on any atom is -0.487 e. The molecule has 1 aromatic heterocycles. The van der Waals surface area contributed by atoms with Gasteiger partial charge < -0.3 is 20.4 Å². The van der Waals surface area contributed by atoms with Gasteiger partial charge in [-0.05, 0) is 50.2 Å². The SMILES string of the molecule is CC1(C)CC(=O)c2cc(NC(=O)Nc3ccc4sc(=O)[nH]c4c3)ccc2O1. The van der Waals surface area contributed by atoms with E-state index in [-0.39, 0.29) is 17.1 Å². The van der Waals surface area contributed by atoms with Crippen molar-refractivity contribution in [3.05, 3.63) is 51.6 Å². The van der Waals surface area contributed by atoms with Crippen molar-refractivity contribution in [3.63, 3.8) is 0 Å². The van der Waals surface area contributed by atoms with Gasteiger partial charge in [0.2, 0.25) is 0 Å². The Bertz CT molecular complexity index is 1130. The Morgan fingerprint density at radius 3 is 2.59 bits per heavy atom. The Balaban J connectivity index is 1.50. The molecule has 1 aliphatic heterocycles. The summed E-state index contributed by atoms with van der Waals surface area (Å²) in [6.45, 7) is 3.73. The molecule has 4 rings (SSSR count). The van der Waals surface area contributed by atoms with Crippen LogP contribution < -0.4 is 20.2 Å². The van der Waals surface area contributed by atoms with Crippen LogP contribution in [0.25, 0.3) is 10.2 Å². The quantitative estimate of drug-likeness (QED) is 0.623. The van der Waals surface area contributed by atoms with Crippen molar-refractivity contribution < 1.29 is 14.3 Å². The van der Waals surface area contributed by atoms with Crippen molar-refractivity contribution in [2.75, 3.05) is 10.6 Å². The van der Waals surface area contributed by atoms with E-state index in [1.54, 1.807) is 36.4 Å². The van der Waals surface area contributed by atoms with Crippen LogP contribution in [0.4, 0.5) is 16.2 Å². The highest BCUT2D eigenvalue weighted by Gasteiger charge is 2.32. The van der Waals surface area contributed by atoms with Gasteiger partial charge in [0.15, 0.2) is 5.78 Å². The lowest BCUT2D eigenvalue weighted by molar-refractivity contribution is 0.0620. The molecule has 138 valence electrons. The predicted molar refractivity (Wildman–Crippen MR) is 105 cm³/mol. The van der Waals surface area contributed by atoms with Crippen molar-refractivity contribution in [2.24, 2.45) is 0 Å². The van der Waals surface area contributed by atoms with E-state index >= 15 is 0 Å². The number of nitrogens with one attached hydrogen (secondary N) is 3. The van der Waals surface area contributed by atoms with E-state index in [0.29, 0.717) is 28.2 Å². The molecule has 0 radical (unpaired) electrons. The molecule has 0 saturated carbocycles. The Kier molecular flexibility index (Phi) is 4.00. The summed E-state index contributed by atoms with van der Waals surface area (Å²) in [6.07, 6.45) is 0.286. The molecule has 2 aromatic carbocycles. The molecule has 7 nitrogen and oxygen atoms in total. The highest BCUT2D eigenvalue weighted by atomic mass is 32.1. The van der Waals surface area contributed by atoms with Crippen LogP contribution in [-0.4, -0.2) is 22.4 Å². The average Bonchev–Trinajstić information content (AvgIpc) is 2.94. The summed E-state index contributed by atoms with van der Waals surface area (Å²) < 4.78 is 6.63. The summed E-state index contributed by atoms with van der Waals surface area (Å²) in [5.41, 5.74) is 1.64. The van der Waals surface area contributed by atoms with E-state index in [9.17, 15) is 14.4 Å².